The van der Waals surface area contributed by atoms with E-state index < -0.39 is 22.0 Å². The number of hydrazone groups is 1. The van der Waals surface area contributed by atoms with Gasteiger partial charge in [-0.2, -0.15) is 9.41 Å². The molecule has 0 saturated carbocycles. The van der Waals surface area contributed by atoms with Crippen LogP contribution in [-0.4, -0.2) is 54.9 Å². The van der Waals surface area contributed by atoms with Crippen molar-refractivity contribution in [2.24, 2.45) is 10.9 Å². The number of halogens is 3. The van der Waals surface area contributed by atoms with Gasteiger partial charge in [0.1, 0.15) is 28.8 Å². The lowest BCUT2D eigenvalue weighted by atomic mass is 10.1. The standard InChI is InChI=1S/C34H36Cl2N6O5S.ClH/c1-21-18-22(2)40-33-25(21)6-3-8-29(33)47-20-26-27(35)14-15-30(32(26)36)48(45,46)42-17-5-7-28(42)34(44)38-16-4-9-31(43)41-24-12-10-23(11-13-24)19-39-37;/h3,6,8,10-15,18-19,28H,4-5,7,9,16-17,20,37H2,1-2H3,(H,38,44)(H,41,43);1H/t28-;/m0./s1. The van der Waals surface area contributed by atoms with E-state index in [1.54, 1.807) is 30.3 Å². The Labute approximate surface area is 301 Å². The molecule has 15 heteroatoms. The molecule has 0 spiro atoms. The Morgan fingerprint density at radius 2 is 1.88 bits per heavy atom. The van der Waals surface area contributed by atoms with E-state index in [0.29, 0.717) is 41.8 Å². The van der Waals surface area contributed by atoms with Crippen LogP contribution in [0.25, 0.3) is 10.9 Å². The summed E-state index contributed by atoms with van der Waals surface area (Å²) in [4.78, 5) is 30.0. The van der Waals surface area contributed by atoms with Gasteiger partial charge in [-0.05, 0) is 80.6 Å². The number of carbonyl (C=O) groups excluding carboxylic acids is 2. The number of nitrogens with zero attached hydrogens (tertiary/aromatic N) is 3. The van der Waals surface area contributed by atoms with E-state index in [-0.39, 0.29) is 59.4 Å². The van der Waals surface area contributed by atoms with E-state index in [1.165, 1.54) is 22.7 Å². The van der Waals surface area contributed by atoms with E-state index in [0.717, 1.165) is 22.2 Å². The maximum atomic E-state index is 13.9. The van der Waals surface area contributed by atoms with Crippen molar-refractivity contribution in [2.75, 3.05) is 18.4 Å². The van der Waals surface area contributed by atoms with Crippen LogP contribution in [0.1, 0.15) is 48.1 Å². The maximum Gasteiger partial charge on any atom is 0.245 e. The average Bonchev–Trinajstić information content (AvgIpc) is 3.56. The van der Waals surface area contributed by atoms with E-state index in [2.05, 4.69) is 20.7 Å². The van der Waals surface area contributed by atoms with Crippen molar-refractivity contribution in [3.63, 3.8) is 0 Å². The number of nitrogens with one attached hydrogen (secondary N) is 2. The highest BCUT2D eigenvalue weighted by molar-refractivity contribution is 7.89. The number of para-hydroxylation sites is 1. The molecule has 1 atom stereocenters. The molecule has 3 aromatic carbocycles. The van der Waals surface area contributed by atoms with E-state index in [1.807, 2.05) is 32.0 Å². The van der Waals surface area contributed by atoms with Crippen LogP contribution in [-0.2, 0) is 26.2 Å². The van der Waals surface area contributed by atoms with E-state index in [4.69, 9.17) is 33.8 Å². The van der Waals surface area contributed by atoms with Gasteiger partial charge >= 0.3 is 0 Å². The Balaban J connectivity index is 0.00000541. The first-order valence-electron chi connectivity index (χ1n) is 15.4. The molecule has 1 aromatic heterocycles. The predicted octanol–water partition coefficient (Wildman–Crippen LogP) is 6.14. The first-order chi connectivity index (χ1) is 23.0. The maximum absolute atomic E-state index is 13.9. The molecule has 4 aromatic rings. The molecule has 0 radical (unpaired) electrons. The SMILES string of the molecule is Cc1cc(C)c2cccc(OCc3c(Cl)ccc(S(=O)(=O)N4CCC[C@H]4C(=O)NCCCC(=O)Nc4ccc(C=NN)cc4)c3Cl)c2n1.Cl. The number of carbonyl (C=O) groups is 2. The summed E-state index contributed by atoms with van der Waals surface area (Å²) >= 11 is 13.2. The number of benzene rings is 3. The van der Waals surface area contributed by atoms with Crippen LogP contribution in [0, 0.1) is 13.8 Å². The Kier molecular flexibility index (Phi) is 12.9. The topological polar surface area (TPSA) is 156 Å². The summed E-state index contributed by atoms with van der Waals surface area (Å²) in [6.07, 6.45) is 2.88. The molecule has 0 bridgehead atoms. The number of ether oxygens (including phenoxy) is 1. The molecule has 0 aliphatic carbocycles. The average molecular weight is 748 g/mol. The largest absolute Gasteiger partial charge is 0.487 e. The first kappa shape index (κ1) is 37.9. The van der Waals surface area contributed by atoms with E-state index >= 15 is 0 Å². The molecule has 1 fully saturated rings. The van der Waals surface area contributed by atoms with Crippen LogP contribution in [0.15, 0.2) is 70.7 Å². The fraction of sp³-hybridized carbons (Fsp3) is 0.294. The fourth-order valence-electron chi connectivity index (χ4n) is 5.69. The van der Waals surface area contributed by atoms with Gasteiger partial charge < -0.3 is 21.2 Å². The smallest absolute Gasteiger partial charge is 0.245 e. The fourth-order valence-corrected chi connectivity index (χ4v) is 8.21. The van der Waals surface area contributed by atoms with Gasteiger partial charge in [0.25, 0.3) is 0 Å². The number of aromatic nitrogens is 1. The minimum atomic E-state index is -4.18. The number of aryl methyl sites for hydroxylation is 2. The van der Waals surface area contributed by atoms with Crippen LogP contribution in [0.5, 0.6) is 5.75 Å². The lowest BCUT2D eigenvalue weighted by Gasteiger charge is -2.24. The molecule has 4 N–H and O–H groups in total. The Bertz CT molecular complexity index is 1980. The quantitative estimate of drug-likeness (QED) is 0.0681. The van der Waals surface area contributed by atoms with Crippen molar-refractivity contribution in [3.05, 3.63) is 93.1 Å². The van der Waals surface area contributed by atoms with Crippen molar-refractivity contribution in [2.45, 2.75) is 57.1 Å². The lowest BCUT2D eigenvalue weighted by molar-refractivity contribution is -0.124. The van der Waals surface area contributed by atoms with Crippen LogP contribution >= 0.6 is 35.6 Å². The molecule has 11 nitrogen and oxygen atoms in total. The van der Waals surface area contributed by atoms with Crippen molar-refractivity contribution in [3.8, 4) is 5.75 Å². The molecule has 2 heterocycles. The van der Waals surface area contributed by atoms with Crippen molar-refractivity contribution in [1.82, 2.24) is 14.6 Å². The van der Waals surface area contributed by atoms with Crippen LogP contribution in [0.4, 0.5) is 5.69 Å². The molecular formula is C34H37Cl3N6O5S. The summed E-state index contributed by atoms with van der Waals surface area (Å²) in [6.45, 7) is 4.16. The minimum absolute atomic E-state index is 0. The molecule has 260 valence electrons. The zero-order chi connectivity index (χ0) is 34.4. The van der Waals surface area contributed by atoms with Crippen molar-refractivity contribution < 1.29 is 22.7 Å². The summed E-state index contributed by atoms with van der Waals surface area (Å²) in [5, 5.41) is 10.2. The van der Waals surface area contributed by atoms with Gasteiger partial charge in [0.05, 0.1) is 11.2 Å². The van der Waals surface area contributed by atoms with Crippen LogP contribution < -0.4 is 21.2 Å². The number of anilines is 1. The third-order valence-electron chi connectivity index (χ3n) is 8.05. The first-order valence-corrected chi connectivity index (χ1v) is 17.6. The third kappa shape index (κ3) is 8.81. The van der Waals surface area contributed by atoms with Gasteiger partial charge in [-0.1, -0.05) is 47.5 Å². The number of hydrogen-bond acceptors (Lipinski definition) is 8. The summed E-state index contributed by atoms with van der Waals surface area (Å²) in [7, 11) is -4.18. The van der Waals surface area contributed by atoms with Crippen LogP contribution in [0.3, 0.4) is 0 Å². The molecule has 1 aliphatic rings. The lowest BCUT2D eigenvalue weighted by Crippen LogP contribution is -2.46. The highest BCUT2D eigenvalue weighted by Gasteiger charge is 2.40. The molecule has 0 unspecified atom stereocenters. The summed E-state index contributed by atoms with van der Waals surface area (Å²) < 4.78 is 35.1. The van der Waals surface area contributed by atoms with Gasteiger partial charge in [-0.3, -0.25) is 9.59 Å². The summed E-state index contributed by atoms with van der Waals surface area (Å²) in [5.74, 6) is 5.01. The second-order valence-corrected chi connectivity index (χ2v) is 14.1. The number of sulfonamides is 1. The number of pyridine rings is 1. The molecule has 49 heavy (non-hydrogen) atoms. The second-order valence-electron chi connectivity index (χ2n) is 11.5. The second kappa shape index (κ2) is 16.6. The monoisotopic (exact) mass is 746 g/mol. The van der Waals surface area contributed by atoms with Gasteiger partial charge in [0, 0.05) is 46.9 Å². The van der Waals surface area contributed by atoms with Crippen molar-refractivity contribution >= 4 is 80.3 Å². The molecule has 1 saturated heterocycles. The molecule has 2 amide bonds. The van der Waals surface area contributed by atoms with Gasteiger partial charge in [0.2, 0.25) is 21.8 Å². The molecule has 1 aliphatic heterocycles. The predicted molar refractivity (Wildman–Crippen MR) is 195 cm³/mol. The Hall–Kier alpha value is -3.94. The van der Waals surface area contributed by atoms with Gasteiger partial charge in [-0.25, -0.2) is 13.4 Å². The minimum Gasteiger partial charge on any atom is -0.487 e. The third-order valence-corrected chi connectivity index (χ3v) is 10.9. The number of fused-ring (bicyclic) bond motifs is 1. The normalized spacial score (nSPS) is 14.9. The zero-order valence-electron chi connectivity index (χ0n) is 26.9. The number of hydrogen-bond donors (Lipinski definition) is 3. The van der Waals surface area contributed by atoms with Crippen LogP contribution in [0.2, 0.25) is 10.0 Å². The molecular weight excluding hydrogens is 711 g/mol. The number of rotatable bonds is 12. The Morgan fingerprint density at radius 3 is 2.61 bits per heavy atom. The van der Waals surface area contributed by atoms with Crippen molar-refractivity contribution in [1.29, 1.82) is 0 Å². The van der Waals surface area contributed by atoms with Gasteiger partial charge in [-0.15, -0.1) is 12.4 Å². The van der Waals surface area contributed by atoms with Gasteiger partial charge in [0.15, 0.2) is 0 Å². The number of amides is 2. The number of nitrogens with two attached hydrogens (primary N) is 1. The van der Waals surface area contributed by atoms with E-state index in [9.17, 15) is 18.0 Å². The highest BCUT2D eigenvalue weighted by Crippen LogP contribution is 2.36. The summed E-state index contributed by atoms with van der Waals surface area (Å²) in [5.41, 5.74) is 4.30. The zero-order valence-corrected chi connectivity index (χ0v) is 30.1. The highest BCUT2D eigenvalue weighted by atomic mass is 35.5. The Morgan fingerprint density at radius 1 is 1.12 bits per heavy atom. The molecule has 5 rings (SSSR count). The summed E-state index contributed by atoms with van der Waals surface area (Å²) in [6, 6.07) is 16.5.